The maximum atomic E-state index is 13.5. The lowest BCUT2D eigenvalue weighted by atomic mass is 10.2. The zero-order chi connectivity index (χ0) is 27.8. The van der Waals surface area contributed by atoms with Gasteiger partial charge in [-0.1, -0.05) is 41.6 Å². The van der Waals surface area contributed by atoms with Crippen LogP contribution in [0.25, 0.3) is 11.2 Å². The molecule has 0 radical (unpaired) electrons. The monoisotopic (exact) mass is 575 g/mol. The smallest absolute Gasteiger partial charge is 0.356 e. The van der Waals surface area contributed by atoms with E-state index in [1.807, 2.05) is 31.2 Å². The molecule has 3 N–H and O–H groups in total. The van der Waals surface area contributed by atoms with E-state index in [1.54, 1.807) is 4.57 Å². The van der Waals surface area contributed by atoms with Gasteiger partial charge in [-0.25, -0.2) is 9.37 Å². The predicted octanol–water partition coefficient (Wildman–Crippen LogP) is 4.12. The average molecular weight is 576 g/mol. The Morgan fingerprint density at radius 3 is 2.62 bits per heavy atom. The molecule has 0 aliphatic rings. The molecule has 14 heteroatoms. The number of H-pyrrole nitrogens is 1. The number of nitrogens with two attached hydrogens (primary N) is 1. The van der Waals surface area contributed by atoms with Crippen LogP contribution in [0.4, 0.5) is 10.3 Å². The van der Waals surface area contributed by atoms with E-state index >= 15 is 0 Å². The first-order valence-electron chi connectivity index (χ1n) is 11.9. The molecule has 2 aromatic carbocycles. The van der Waals surface area contributed by atoms with Crippen molar-refractivity contribution in [2.24, 2.45) is 0 Å². The van der Waals surface area contributed by atoms with Crippen molar-refractivity contribution in [1.29, 1.82) is 0 Å². The second-order valence-electron chi connectivity index (χ2n) is 8.44. The lowest BCUT2D eigenvalue weighted by molar-refractivity contribution is 0.108. The Kier molecular flexibility index (Phi) is 9.65. The number of ether oxygens (including phenoxy) is 1. The number of aromatic nitrogens is 4. The van der Waals surface area contributed by atoms with Gasteiger partial charge in [-0.05, 0) is 36.8 Å². The summed E-state index contributed by atoms with van der Waals surface area (Å²) in [4.78, 5) is 34.8. The van der Waals surface area contributed by atoms with Gasteiger partial charge in [0.1, 0.15) is 12.2 Å². The molecular weight excluding hydrogens is 548 g/mol. The van der Waals surface area contributed by atoms with Gasteiger partial charge in [0, 0.05) is 17.9 Å². The fraction of sp³-hybridized carbons (Fsp3) is 0.280. The van der Waals surface area contributed by atoms with Crippen molar-refractivity contribution in [1.82, 2.24) is 19.5 Å². The van der Waals surface area contributed by atoms with Gasteiger partial charge in [0.25, 0.3) is 5.56 Å². The molecule has 0 bridgehead atoms. The predicted molar refractivity (Wildman–Crippen MR) is 146 cm³/mol. The van der Waals surface area contributed by atoms with Crippen LogP contribution in [-0.4, -0.2) is 49.9 Å². The summed E-state index contributed by atoms with van der Waals surface area (Å²) in [5, 5.41) is -0.258. The minimum absolute atomic E-state index is 0.0339. The lowest BCUT2D eigenvalue weighted by Gasteiger charge is -2.19. The second kappa shape index (κ2) is 13.1. The summed E-state index contributed by atoms with van der Waals surface area (Å²) < 4.78 is 45.1. The third kappa shape index (κ3) is 8.07. The highest BCUT2D eigenvalue weighted by Gasteiger charge is 2.26. The van der Waals surface area contributed by atoms with Crippen molar-refractivity contribution in [2.45, 2.75) is 20.1 Å². The highest BCUT2D eigenvalue weighted by atomic mass is 32.2. The SMILES string of the molecule is Cc1ccc(COP(=O)(COCCn2cnc3c(=O)[nH]c(N)nc32)OCCSC(=O)c2ccc(F)cc2)cc1. The second-order valence-corrected chi connectivity index (χ2v) is 11.5. The summed E-state index contributed by atoms with van der Waals surface area (Å²) in [5.41, 5.74) is 7.87. The third-order valence-electron chi connectivity index (χ3n) is 5.45. The van der Waals surface area contributed by atoms with E-state index in [0.29, 0.717) is 11.2 Å². The summed E-state index contributed by atoms with van der Waals surface area (Å²) >= 11 is 0.963. The molecule has 1 unspecified atom stereocenters. The molecule has 2 aromatic heterocycles. The van der Waals surface area contributed by atoms with Crippen molar-refractivity contribution < 1.29 is 27.5 Å². The van der Waals surface area contributed by atoms with E-state index in [1.165, 1.54) is 30.6 Å². The van der Waals surface area contributed by atoms with Crippen molar-refractivity contribution in [3.8, 4) is 0 Å². The van der Waals surface area contributed by atoms with Gasteiger partial charge in [-0.2, -0.15) is 4.98 Å². The van der Waals surface area contributed by atoms with Crippen LogP contribution in [-0.2, 0) is 31.5 Å². The molecule has 0 saturated heterocycles. The van der Waals surface area contributed by atoms with Gasteiger partial charge in [0.2, 0.25) is 11.1 Å². The Hall–Kier alpha value is -3.35. The molecule has 2 heterocycles. The van der Waals surface area contributed by atoms with E-state index < -0.39 is 19.0 Å². The van der Waals surface area contributed by atoms with E-state index in [9.17, 15) is 18.5 Å². The molecule has 0 aliphatic heterocycles. The number of nitrogens with one attached hydrogen (secondary N) is 1. The molecule has 0 saturated carbocycles. The number of carbonyl (C=O) groups is 1. The van der Waals surface area contributed by atoms with Crippen LogP contribution in [0.15, 0.2) is 59.7 Å². The lowest BCUT2D eigenvalue weighted by Crippen LogP contribution is -2.13. The number of rotatable bonds is 13. The van der Waals surface area contributed by atoms with Crippen LogP contribution in [0.5, 0.6) is 0 Å². The molecule has 1 atom stereocenters. The number of hydrogen-bond acceptors (Lipinski definition) is 10. The van der Waals surface area contributed by atoms with E-state index in [-0.39, 0.29) is 55.0 Å². The number of halogens is 1. The highest BCUT2D eigenvalue weighted by Crippen LogP contribution is 2.49. The molecular formula is C25H27FN5O6PS. The van der Waals surface area contributed by atoms with Crippen molar-refractivity contribution in [2.75, 3.05) is 31.0 Å². The van der Waals surface area contributed by atoms with Crippen molar-refractivity contribution >= 4 is 41.6 Å². The third-order valence-corrected chi connectivity index (χ3v) is 7.92. The summed E-state index contributed by atoms with van der Waals surface area (Å²) in [5.74, 6) is -0.258. The summed E-state index contributed by atoms with van der Waals surface area (Å²) in [6, 6.07) is 12.8. The molecule has 11 nitrogen and oxygen atoms in total. The fourth-order valence-electron chi connectivity index (χ4n) is 3.42. The number of aryl methyl sites for hydroxylation is 1. The molecule has 0 fully saturated rings. The van der Waals surface area contributed by atoms with Crippen LogP contribution in [0.1, 0.15) is 21.5 Å². The van der Waals surface area contributed by atoms with Crippen molar-refractivity contribution in [3.05, 3.63) is 87.7 Å². The number of hydrogen-bond donors (Lipinski definition) is 2. The summed E-state index contributed by atoms with van der Waals surface area (Å²) in [6.07, 6.45) is 1.10. The zero-order valence-electron chi connectivity index (χ0n) is 21.0. The largest absolute Gasteiger partial charge is 0.369 e. The first kappa shape index (κ1) is 28.7. The Morgan fingerprint density at radius 2 is 1.87 bits per heavy atom. The number of thioether (sulfide) groups is 1. The van der Waals surface area contributed by atoms with E-state index in [4.69, 9.17) is 19.5 Å². The Labute approximate surface area is 227 Å². The van der Waals surface area contributed by atoms with Gasteiger partial charge >= 0.3 is 7.60 Å². The number of carbonyl (C=O) groups excluding carboxylic acids is 1. The number of nitrogen functional groups attached to an aromatic ring is 1. The molecule has 0 spiro atoms. The minimum atomic E-state index is -3.72. The number of aromatic amines is 1. The Bertz CT molecular complexity index is 1530. The maximum absolute atomic E-state index is 13.5. The Balaban J connectivity index is 1.32. The molecule has 0 aliphatic carbocycles. The maximum Gasteiger partial charge on any atom is 0.356 e. The minimum Gasteiger partial charge on any atom is -0.369 e. The fourth-order valence-corrected chi connectivity index (χ4v) is 5.49. The number of imidazole rings is 1. The topological polar surface area (TPSA) is 151 Å². The highest BCUT2D eigenvalue weighted by molar-refractivity contribution is 8.14. The molecule has 39 heavy (non-hydrogen) atoms. The quantitative estimate of drug-likeness (QED) is 0.176. The summed E-state index contributed by atoms with van der Waals surface area (Å²) in [7, 11) is -3.72. The standard InChI is InChI=1S/C25H27FN5O6PS/c1-17-2-4-18(5-3-17)14-37-38(34,36-12-13-39-24(33)19-6-8-20(26)9-7-19)16-35-11-10-31-15-28-21-22(31)29-25(27)30-23(21)32/h2-9,15H,10-14,16H2,1H3,(H3,27,29,30,32). The van der Waals surface area contributed by atoms with Gasteiger partial charge in [-0.15, -0.1) is 0 Å². The van der Waals surface area contributed by atoms with E-state index in [0.717, 1.165) is 22.9 Å². The van der Waals surface area contributed by atoms with Crippen LogP contribution in [0.2, 0.25) is 0 Å². The van der Waals surface area contributed by atoms with Gasteiger partial charge in [-0.3, -0.25) is 19.1 Å². The first-order chi connectivity index (χ1) is 18.7. The van der Waals surface area contributed by atoms with E-state index in [2.05, 4.69) is 15.0 Å². The number of fused-ring (bicyclic) bond motifs is 1. The molecule has 4 rings (SSSR count). The van der Waals surface area contributed by atoms with Crippen LogP contribution >= 0.6 is 19.4 Å². The first-order valence-corrected chi connectivity index (χ1v) is 14.6. The molecule has 206 valence electrons. The zero-order valence-corrected chi connectivity index (χ0v) is 22.8. The van der Waals surface area contributed by atoms with Crippen molar-refractivity contribution in [3.63, 3.8) is 0 Å². The molecule has 4 aromatic rings. The number of benzene rings is 2. The van der Waals surface area contributed by atoms with Crippen LogP contribution in [0, 0.1) is 12.7 Å². The Morgan fingerprint density at radius 1 is 1.13 bits per heavy atom. The number of anilines is 1. The normalized spacial score (nSPS) is 13.0. The van der Waals surface area contributed by atoms with Gasteiger partial charge in [0.15, 0.2) is 11.2 Å². The van der Waals surface area contributed by atoms with Gasteiger partial charge < -0.3 is 24.1 Å². The summed E-state index contributed by atoms with van der Waals surface area (Å²) in [6.45, 7) is 2.32. The average Bonchev–Trinajstić information content (AvgIpc) is 3.32. The van der Waals surface area contributed by atoms with Crippen LogP contribution < -0.4 is 11.3 Å². The van der Waals surface area contributed by atoms with Gasteiger partial charge in [0.05, 0.1) is 26.1 Å². The number of nitrogens with zero attached hydrogens (tertiary/aromatic N) is 3. The van der Waals surface area contributed by atoms with Crippen LogP contribution in [0.3, 0.4) is 0 Å². The molecule has 0 amide bonds.